The summed E-state index contributed by atoms with van der Waals surface area (Å²) in [5, 5.41) is 9.12. The zero-order chi connectivity index (χ0) is 36.6. The molecule has 1 nitrogen and oxygen atoms in total. The average Bonchev–Trinajstić information content (AvgIpc) is 3.63. The second-order valence-corrected chi connectivity index (χ2v) is 16.4. The van der Waals surface area contributed by atoms with Crippen LogP contribution in [0.1, 0.15) is 85.3 Å². The number of allylic oxidation sites excluding steroid dienone is 8. The van der Waals surface area contributed by atoms with E-state index in [-0.39, 0.29) is 5.92 Å². The molecule has 0 bridgehead atoms. The normalized spacial score (nSPS) is 21.5. The van der Waals surface area contributed by atoms with Gasteiger partial charge in [-0.3, -0.25) is 0 Å². The van der Waals surface area contributed by atoms with Gasteiger partial charge in [0, 0.05) is 28.5 Å². The van der Waals surface area contributed by atoms with Gasteiger partial charge in [-0.2, -0.15) is 0 Å². The molecule has 3 unspecified atom stereocenters. The van der Waals surface area contributed by atoms with Gasteiger partial charge < -0.3 is 4.42 Å². The lowest BCUT2D eigenvalue weighted by atomic mass is 9.76. The van der Waals surface area contributed by atoms with Crippen LogP contribution in [0.4, 0.5) is 0 Å². The van der Waals surface area contributed by atoms with Crippen molar-refractivity contribution in [3.05, 3.63) is 190 Å². The van der Waals surface area contributed by atoms with E-state index in [9.17, 15) is 0 Å². The molecule has 4 aliphatic carbocycles. The van der Waals surface area contributed by atoms with Crippen LogP contribution in [-0.2, 0) is 0 Å². The molecule has 0 radical (unpaired) electrons. The predicted molar refractivity (Wildman–Crippen MR) is 232 cm³/mol. The van der Waals surface area contributed by atoms with Crippen molar-refractivity contribution in [2.75, 3.05) is 0 Å². The van der Waals surface area contributed by atoms with Crippen molar-refractivity contribution in [1.82, 2.24) is 0 Å². The zero-order valence-corrected chi connectivity index (χ0v) is 31.6. The van der Waals surface area contributed by atoms with Crippen molar-refractivity contribution in [1.29, 1.82) is 0 Å². The Morgan fingerprint density at radius 3 is 2.09 bits per heavy atom. The summed E-state index contributed by atoms with van der Waals surface area (Å²) in [7, 11) is 0. The van der Waals surface area contributed by atoms with Crippen LogP contribution < -0.4 is 10.6 Å². The van der Waals surface area contributed by atoms with Crippen LogP contribution in [0.25, 0.3) is 66.7 Å². The fourth-order valence-corrected chi connectivity index (χ4v) is 10.2. The van der Waals surface area contributed by atoms with Gasteiger partial charge in [-0.15, -0.1) is 0 Å². The third kappa shape index (κ3) is 5.35. The van der Waals surface area contributed by atoms with Gasteiger partial charge in [0.2, 0.25) is 0 Å². The van der Waals surface area contributed by atoms with E-state index in [1.807, 2.05) is 0 Å². The fourth-order valence-electron chi connectivity index (χ4n) is 10.2. The van der Waals surface area contributed by atoms with Crippen molar-refractivity contribution < 1.29 is 4.42 Å². The Kier molecular flexibility index (Phi) is 7.59. The molecule has 0 saturated heterocycles. The number of hydrogen-bond acceptors (Lipinski definition) is 1. The maximum Gasteiger partial charge on any atom is 0.130 e. The Bertz CT molecular complexity index is 2920. The van der Waals surface area contributed by atoms with Crippen molar-refractivity contribution in [2.45, 2.75) is 57.3 Å². The first-order valence-corrected chi connectivity index (χ1v) is 20.2. The Morgan fingerprint density at radius 1 is 0.582 bits per heavy atom. The molecule has 0 amide bonds. The molecule has 1 heterocycles. The van der Waals surface area contributed by atoms with Crippen molar-refractivity contribution in [3.63, 3.8) is 0 Å². The van der Waals surface area contributed by atoms with E-state index in [1.165, 1.54) is 93.4 Å². The Hall–Kier alpha value is -5.92. The Morgan fingerprint density at radius 2 is 1.29 bits per heavy atom. The van der Waals surface area contributed by atoms with E-state index in [0.29, 0.717) is 17.8 Å². The highest BCUT2D eigenvalue weighted by Crippen LogP contribution is 2.46. The lowest BCUT2D eigenvalue weighted by molar-refractivity contribution is 0.443. The summed E-state index contributed by atoms with van der Waals surface area (Å²) < 4.78 is 6.65. The molecule has 4 atom stereocenters. The number of hydrogen-bond donors (Lipinski definition) is 0. The van der Waals surface area contributed by atoms with Crippen LogP contribution in [0.5, 0.6) is 0 Å². The van der Waals surface area contributed by atoms with Gasteiger partial charge >= 0.3 is 0 Å². The highest BCUT2D eigenvalue weighted by atomic mass is 16.3. The molecule has 0 N–H and O–H groups in total. The summed E-state index contributed by atoms with van der Waals surface area (Å²) in [6.45, 7) is 4.66. The number of furan rings is 1. The van der Waals surface area contributed by atoms with Crippen LogP contribution in [0.15, 0.2) is 156 Å². The van der Waals surface area contributed by atoms with Crippen LogP contribution in [0.3, 0.4) is 0 Å². The van der Waals surface area contributed by atoms with E-state index in [2.05, 4.69) is 172 Å². The minimum absolute atomic E-state index is 0.286. The molecule has 1 heteroatoms. The van der Waals surface area contributed by atoms with Gasteiger partial charge in [0.15, 0.2) is 0 Å². The molecule has 6 aromatic carbocycles. The number of benzene rings is 6. The van der Waals surface area contributed by atoms with Gasteiger partial charge in [-0.1, -0.05) is 166 Å². The van der Waals surface area contributed by atoms with Gasteiger partial charge in [0.25, 0.3) is 0 Å². The maximum atomic E-state index is 6.65. The number of fused-ring (bicyclic) bond motifs is 7. The smallest absolute Gasteiger partial charge is 0.130 e. The molecule has 0 spiro atoms. The monoisotopic (exact) mass is 708 g/mol. The SMILES string of the molecule is CC1CC2=C(C[C@@H](C)C=C2)c2c1oc1c2=CC(c2cccc(-c3c4ccccc4c(C4=CC(c5ccc6ccccc6c5)CC=C4)c4ccccc34)c2)CC=1. The average molecular weight is 709 g/mol. The zero-order valence-electron chi connectivity index (χ0n) is 31.6. The summed E-state index contributed by atoms with van der Waals surface area (Å²) in [5.74, 6) is 2.76. The molecule has 11 rings (SSSR count). The second kappa shape index (κ2) is 12.8. The molecular weight excluding hydrogens is 665 g/mol. The van der Waals surface area contributed by atoms with Gasteiger partial charge in [-0.05, 0) is 115 Å². The molecule has 0 aliphatic heterocycles. The molecule has 7 aromatic rings. The molecular formula is C54H44O. The Balaban J connectivity index is 1.03. The van der Waals surface area contributed by atoms with E-state index < -0.39 is 0 Å². The van der Waals surface area contributed by atoms with Crippen LogP contribution >= 0.6 is 0 Å². The third-order valence-electron chi connectivity index (χ3n) is 12.8. The summed E-state index contributed by atoms with van der Waals surface area (Å²) >= 11 is 0. The highest BCUT2D eigenvalue weighted by Gasteiger charge is 2.31. The first-order chi connectivity index (χ1) is 27.1. The molecule has 0 saturated carbocycles. The van der Waals surface area contributed by atoms with Crippen LogP contribution in [-0.4, -0.2) is 0 Å². The van der Waals surface area contributed by atoms with Gasteiger partial charge in [-0.25, -0.2) is 0 Å². The maximum absolute atomic E-state index is 6.65. The second-order valence-electron chi connectivity index (χ2n) is 16.4. The summed E-state index contributed by atoms with van der Waals surface area (Å²) in [4.78, 5) is 0. The summed E-state index contributed by atoms with van der Waals surface area (Å²) in [6, 6.07) is 43.2. The lowest BCUT2D eigenvalue weighted by Gasteiger charge is -2.27. The predicted octanol–water partition coefficient (Wildman–Crippen LogP) is 13.1. The highest BCUT2D eigenvalue weighted by molar-refractivity contribution is 6.19. The number of rotatable bonds is 4. The van der Waals surface area contributed by atoms with E-state index >= 15 is 0 Å². The molecule has 0 fully saturated rings. The van der Waals surface area contributed by atoms with Crippen molar-refractivity contribution in [3.8, 4) is 11.1 Å². The van der Waals surface area contributed by atoms with Crippen molar-refractivity contribution >= 4 is 55.6 Å². The van der Waals surface area contributed by atoms with E-state index in [1.54, 1.807) is 0 Å². The van der Waals surface area contributed by atoms with E-state index in [4.69, 9.17) is 4.42 Å². The first-order valence-electron chi connectivity index (χ1n) is 20.2. The molecule has 55 heavy (non-hydrogen) atoms. The minimum atomic E-state index is 0.286. The third-order valence-corrected chi connectivity index (χ3v) is 12.8. The minimum Gasteiger partial charge on any atom is -0.460 e. The van der Waals surface area contributed by atoms with Crippen molar-refractivity contribution in [2.24, 2.45) is 5.92 Å². The topological polar surface area (TPSA) is 13.1 Å². The molecule has 4 aliphatic rings. The van der Waals surface area contributed by atoms with Gasteiger partial charge in [0.05, 0.1) is 0 Å². The standard InChI is InChI=1S/C54H44O/c1-33-21-22-41-28-34(2)54-53(48(41)27-33)49-32-40(25-26-50(49)55-54)38-14-10-16-43(31-38)52-46-19-7-5-17-44(46)51(45-18-6-8-20-47(45)52)42-15-9-13-37(30-42)39-24-23-35-11-3-4-12-36(35)29-39/h3-12,14-24,26,29-34,37,40H,13,25,27-28H2,1-2H3/t33-,34?,37?,40?/m0/s1. The summed E-state index contributed by atoms with van der Waals surface area (Å²) in [6.07, 6.45) is 21.0. The van der Waals surface area contributed by atoms with Crippen LogP contribution in [0, 0.1) is 5.92 Å². The lowest BCUT2D eigenvalue weighted by Crippen LogP contribution is -2.28. The molecule has 1 aromatic heterocycles. The summed E-state index contributed by atoms with van der Waals surface area (Å²) in [5.41, 5.74) is 13.4. The Labute approximate surface area is 323 Å². The quantitative estimate of drug-likeness (QED) is 0.166. The molecule has 266 valence electrons. The van der Waals surface area contributed by atoms with E-state index in [0.717, 1.165) is 31.1 Å². The first kappa shape index (κ1) is 32.5. The fraction of sp³-hybridized carbons (Fsp3) is 0.185. The largest absolute Gasteiger partial charge is 0.460 e. The van der Waals surface area contributed by atoms with Crippen LogP contribution in [0.2, 0.25) is 0 Å². The van der Waals surface area contributed by atoms with Gasteiger partial charge in [0.1, 0.15) is 11.2 Å².